The van der Waals surface area contributed by atoms with Crippen molar-refractivity contribution in [3.63, 3.8) is 0 Å². The summed E-state index contributed by atoms with van der Waals surface area (Å²) in [6.07, 6.45) is 2.84. The Hall–Kier alpha value is -2.31. The summed E-state index contributed by atoms with van der Waals surface area (Å²) in [4.78, 5) is 24.5. The Morgan fingerprint density at radius 2 is 1.67 bits per heavy atom. The number of amides is 1. The van der Waals surface area contributed by atoms with Gasteiger partial charge in [0.2, 0.25) is 6.41 Å². The molecule has 0 aromatic heterocycles. The maximum atomic E-state index is 14.4. The molecule has 4 rings (SSSR count). The molecule has 0 radical (unpaired) electrons. The molecule has 1 saturated carbocycles. The van der Waals surface area contributed by atoms with Gasteiger partial charge in [-0.05, 0) is 81.8 Å². The molecule has 36 heavy (non-hydrogen) atoms. The molecule has 0 unspecified atom stereocenters. The lowest BCUT2D eigenvalue weighted by molar-refractivity contribution is -0.124. The average Bonchev–Trinajstić information content (AvgIpc) is 3.57. The summed E-state index contributed by atoms with van der Waals surface area (Å²) < 4.78 is 25.5. The van der Waals surface area contributed by atoms with Gasteiger partial charge < -0.3 is 14.4 Å². The molecule has 0 N–H and O–H groups in total. The van der Waals surface area contributed by atoms with Crippen molar-refractivity contribution in [2.24, 2.45) is 5.92 Å². The molecule has 0 atom stereocenters. The van der Waals surface area contributed by atoms with Crippen molar-refractivity contribution in [1.82, 2.24) is 4.90 Å². The van der Waals surface area contributed by atoms with Gasteiger partial charge >= 0.3 is 5.97 Å². The lowest BCUT2D eigenvalue weighted by Gasteiger charge is -2.36. The van der Waals surface area contributed by atoms with Crippen LogP contribution in [0.1, 0.15) is 74.9 Å². The summed E-state index contributed by atoms with van der Waals surface area (Å²) >= 11 is 11.3. The van der Waals surface area contributed by atoms with Crippen molar-refractivity contribution < 1.29 is 23.5 Å². The van der Waals surface area contributed by atoms with Crippen LogP contribution in [0.2, 0.25) is 10.0 Å². The van der Waals surface area contributed by atoms with Crippen LogP contribution in [-0.4, -0.2) is 42.6 Å². The van der Waals surface area contributed by atoms with E-state index in [4.69, 9.17) is 32.7 Å². The molecular weight excluding hydrogens is 504 g/mol. The van der Waals surface area contributed by atoms with Crippen molar-refractivity contribution in [3.05, 3.63) is 62.9 Å². The summed E-state index contributed by atoms with van der Waals surface area (Å²) in [5, 5.41) is 1.39. The predicted molar refractivity (Wildman–Crippen MR) is 143 cm³/mol. The van der Waals surface area contributed by atoms with Gasteiger partial charge in [-0.3, -0.25) is 4.79 Å². The lowest BCUT2D eigenvalue weighted by atomic mass is 10.0. The highest BCUT2D eigenvalue weighted by Crippen LogP contribution is 2.45. The van der Waals surface area contributed by atoms with Crippen molar-refractivity contribution in [1.29, 1.82) is 0 Å². The Kier molecular flexibility index (Phi) is 11.0. The first-order valence-corrected chi connectivity index (χ1v) is 13.0. The van der Waals surface area contributed by atoms with E-state index in [1.165, 1.54) is 6.07 Å². The van der Waals surface area contributed by atoms with Gasteiger partial charge in [0, 0.05) is 35.1 Å². The van der Waals surface area contributed by atoms with Gasteiger partial charge in [-0.25, -0.2) is 9.18 Å². The Morgan fingerprint density at radius 3 is 2.14 bits per heavy atom. The standard InChI is InChI=1S/C19H24FNO4.C7H6Cl2.C2H6/c1-19(2,3)25-18(23)15-6-14(13-4-5-13)17(7-16(15)20)24-10-12-8-21(9-12)11-22;1-5-2-6(8)4-7(9)3-5;1-2/h6-7,11-13H,4-5,8-10H2,1-3H3;2-4H,1H3;1-2H3. The first-order valence-electron chi connectivity index (χ1n) is 12.3. The van der Waals surface area contributed by atoms with Crippen LogP contribution in [0.15, 0.2) is 30.3 Å². The molecule has 1 aliphatic carbocycles. The third-order valence-electron chi connectivity index (χ3n) is 5.35. The van der Waals surface area contributed by atoms with E-state index in [1.807, 2.05) is 32.9 Å². The third-order valence-corrected chi connectivity index (χ3v) is 5.79. The molecule has 1 amide bonds. The molecule has 2 aromatic carbocycles. The Balaban J connectivity index is 0.000000347. The summed E-state index contributed by atoms with van der Waals surface area (Å²) in [6, 6.07) is 8.33. The molecule has 1 saturated heterocycles. The van der Waals surface area contributed by atoms with Gasteiger partial charge in [0.05, 0.1) is 12.2 Å². The number of benzene rings is 2. The van der Waals surface area contributed by atoms with Crippen LogP contribution >= 0.6 is 23.2 Å². The third kappa shape index (κ3) is 9.29. The largest absolute Gasteiger partial charge is 0.493 e. The first kappa shape index (κ1) is 29.9. The lowest BCUT2D eigenvalue weighted by Crippen LogP contribution is -2.48. The Labute approximate surface area is 223 Å². The maximum Gasteiger partial charge on any atom is 0.341 e. The second kappa shape index (κ2) is 13.3. The van der Waals surface area contributed by atoms with E-state index in [0.717, 1.165) is 30.4 Å². The zero-order chi connectivity index (χ0) is 27.0. The molecule has 1 heterocycles. The monoisotopic (exact) mass is 539 g/mol. The van der Waals surface area contributed by atoms with Crippen LogP contribution in [0.25, 0.3) is 0 Å². The minimum Gasteiger partial charge on any atom is -0.493 e. The highest BCUT2D eigenvalue weighted by molar-refractivity contribution is 6.34. The normalized spacial score (nSPS) is 15.0. The first-order chi connectivity index (χ1) is 16.9. The number of nitrogens with zero attached hydrogens (tertiary/aromatic N) is 1. The average molecular weight is 541 g/mol. The highest BCUT2D eigenvalue weighted by Gasteiger charge is 2.32. The molecule has 5 nitrogen and oxygen atoms in total. The van der Waals surface area contributed by atoms with Gasteiger partial charge in [-0.15, -0.1) is 0 Å². The number of hydrogen-bond donors (Lipinski definition) is 0. The fourth-order valence-electron chi connectivity index (χ4n) is 3.60. The number of hydrogen-bond acceptors (Lipinski definition) is 4. The van der Waals surface area contributed by atoms with Gasteiger partial charge in [0.1, 0.15) is 17.2 Å². The summed E-state index contributed by atoms with van der Waals surface area (Å²) in [5.41, 5.74) is 1.24. The van der Waals surface area contributed by atoms with Gasteiger partial charge in [0.15, 0.2) is 0 Å². The zero-order valence-electron chi connectivity index (χ0n) is 21.9. The van der Waals surface area contributed by atoms with E-state index in [-0.39, 0.29) is 11.5 Å². The zero-order valence-corrected chi connectivity index (χ0v) is 23.4. The molecule has 8 heteroatoms. The smallest absolute Gasteiger partial charge is 0.341 e. The number of ether oxygens (including phenoxy) is 2. The van der Waals surface area contributed by atoms with E-state index < -0.39 is 17.4 Å². The van der Waals surface area contributed by atoms with E-state index in [0.29, 0.717) is 41.4 Å². The summed E-state index contributed by atoms with van der Waals surface area (Å²) in [5.74, 6) is -0.205. The summed E-state index contributed by atoms with van der Waals surface area (Å²) in [7, 11) is 0. The molecule has 1 aliphatic heterocycles. The van der Waals surface area contributed by atoms with Gasteiger partial charge in [0.25, 0.3) is 0 Å². The number of aryl methyl sites for hydroxylation is 1. The topological polar surface area (TPSA) is 55.8 Å². The van der Waals surface area contributed by atoms with E-state index in [9.17, 15) is 14.0 Å². The van der Waals surface area contributed by atoms with Crippen LogP contribution in [0.3, 0.4) is 0 Å². The van der Waals surface area contributed by atoms with Crippen LogP contribution in [0, 0.1) is 18.7 Å². The Morgan fingerprint density at radius 1 is 1.08 bits per heavy atom. The fraction of sp³-hybridized carbons (Fsp3) is 0.500. The molecule has 198 valence electrons. The number of halogens is 3. The Bertz CT molecular complexity index is 994. The molecule has 2 aromatic rings. The fourth-order valence-corrected chi connectivity index (χ4v) is 4.24. The van der Waals surface area contributed by atoms with Crippen LogP contribution in [-0.2, 0) is 9.53 Å². The number of likely N-dealkylation sites (tertiary alicyclic amines) is 1. The molecule has 0 spiro atoms. The molecule has 2 aliphatic rings. The molecule has 0 bridgehead atoms. The van der Waals surface area contributed by atoms with E-state index in [2.05, 4.69) is 0 Å². The second-order valence-electron chi connectivity index (χ2n) is 9.83. The van der Waals surface area contributed by atoms with E-state index in [1.54, 1.807) is 37.8 Å². The van der Waals surface area contributed by atoms with Crippen molar-refractivity contribution in [2.45, 2.75) is 65.9 Å². The SMILES string of the molecule is CC.CC(C)(C)OC(=O)c1cc(C2CC2)c(OCC2CN(C=O)C2)cc1F.Cc1cc(Cl)cc(Cl)c1. The van der Waals surface area contributed by atoms with Gasteiger partial charge in [-0.1, -0.05) is 37.0 Å². The molecule has 2 fully saturated rings. The summed E-state index contributed by atoms with van der Waals surface area (Å²) in [6.45, 7) is 13.0. The van der Waals surface area contributed by atoms with Gasteiger partial charge in [-0.2, -0.15) is 0 Å². The number of carbonyl (C=O) groups is 2. The maximum absolute atomic E-state index is 14.4. The van der Waals surface area contributed by atoms with Crippen LogP contribution in [0.4, 0.5) is 4.39 Å². The quantitative estimate of drug-likeness (QED) is 0.282. The highest BCUT2D eigenvalue weighted by atomic mass is 35.5. The molecular formula is C28H36Cl2FNO4. The number of esters is 1. The number of carbonyl (C=O) groups excluding carboxylic acids is 2. The van der Waals surface area contributed by atoms with Crippen molar-refractivity contribution >= 4 is 35.6 Å². The van der Waals surface area contributed by atoms with Crippen molar-refractivity contribution in [2.75, 3.05) is 19.7 Å². The van der Waals surface area contributed by atoms with Crippen LogP contribution < -0.4 is 4.74 Å². The second-order valence-corrected chi connectivity index (χ2v) is 10.7. The predicted octanol–water partition coefficient (Wildman–Crippen LogP) is 7.45. The van der Waals surface area contributed by atoms with Crippen molar-refractivity contribution in [3.8, 4) is 5.75 Å². The minimum absolute atomic E-state index is 0.0417. The number of rotatable bonds is 6. The minimum atomic E-state index is -0.673. The van der Waals surface area contributed by atoms with Crippen LogP contribution in [0.5, 0.6) is 5.75 Å². The van der Waals surface area contributed by atoms with E-state index >= 15 is 0 Å².